The van der Waals surface area contributed by atoms with E-state index in [1.807, 2.05) is 4.98 Å². The zero-order valence-corrected chi connectivity index (χ0v) is 9.81. The van der Waals surface area contributed by atoms with Gasteiger partial charge in [-0.3, -0.25) is 14.6 Å². The van der Waals surface area contributed by atoms with Crippen LogP contribution in [0.1, 0.15) is 29.8 Å². The van der Waals surface area contributed by atoms with Crippen LogP contribution in [-0.4, -0.2) is 45.1 Å². The third kappa shape index (κ3) is 2.51. The summed E-state index contributed by atoms with van der Waals surface area (Å²) in [7, 11) is 0. The van der Waals surface area contributed by atoms with Gasteiger partial charge in [-0.1, -0.05) is 0 Å². The second-order valence-corrected chi connectivity index (χ2v) is 4.33. The summed E-state index contributed by atoms with van der Waals surface area (Å²) < 4.78 is 0. The molecule has 0 bridgehead atoms. The predicted octanol–water partition coefficient (Wildman–Crippen LogP) is -0.950. The Hall–Kier alpha value is -1.89. The van der Waals surface area contributed by atoms with Gasteiger partial charge in [-0.15, -0.1) is 0 Å². The summed E-state index contributed by atoms with van der Waals surface area (Å²) in [6.07, 6.45) is 2.55. The van der Waals surface area contributed by atoms with Crippen molar-refractivity contribution in [3.8, 4) is 0 Å². The van der Waals surface area contributed by atoms with Crippen LogP contribution in [0.5, 0.6) is 0 Å². The fourth-order valence-electron chi connectivity index (χ4n) is 2.20. The minimum Gasteiger partial charge on any atom is -0.394 e. The van der Waals surface area contributed by atoms with E-state index in [0.29, 0.717) is 6.54 Å². The molecule has 1 amide bonds. The SMILES string of the molecule is O=C(c1cc(=O)[nH]c(=O)[nH]1)N1CCCCC1CO. The molecule has 1 fully saturated rings. The zero-order valence-electron chi connectivity index (χ0n) is 9.81. The van der Waals surface area contributed by atoms with Crippen LogP contribution in [0.3, 0.4) is 0 Å². The Labute approximate surface area is 102 Å². The fourth-order valence-corrected chi connectivity index (χ4v) is 2.20. The first kappa shape index (κ1) is 12.6. The number of carbonyl (C=O) groups excluding carboxylic acids is 1. The Kier molecular flexibility index (Phi) is 3.61. The average molecular weight is 253 g/mol. The molecule has 1 aromatic rings. The van der Waals surface area contributed by atoms with E-state index in [9.17, 15) is 19.5 Å². The number of aromatic nitrogens is 2. The largest absolute Gasteiger partial charge is 0.394 e. The highest BCUT2D eigenvalue weighted by molar-refractivity contribution is 5.92. The van der Waals surface area contributed by atoms with Crippen molar-refractivity contribution < 1.29 is 9.90 Å². The van der Waals surface area contributed by atoms with Gasteiger partial charge in [0, 0.05) is 12.6 Å². The summed E-state index contributed by atoms with van der Waals surface area (Å²) in [5.41, 5.74) is -1.35. The summed E-state index contributed by atoms with van der Waals surface area (Å²) in [6, 6.07) is 0.821. The lowest BCUT2D eigenvalue weighted by molar-refractivity contribution is 0.0496. The van der Waals surface area contributed by atoms with Gasteiger partial charge in [0.05, 0.1) is 12.6 Å². The molecule has 18 heavy (non-hydrogen) atoms. The van der Waals surface area contributed by atoms with Gasteiger partial charge in [-0.2, -0.15) is 0 Å². The predicted molar refractivity (Wildman–Crippen MR) is 63.4 cm³/mol. The van der Waals surface area contributed by atoms with E-state index in [2.05, 4.69) is 4.98 Å². The molecule has 0 radical (unpaired) electrons. The number of aliphatic hydroxyl groups excluding tert-OH is 1. The van der Waals surface area contributed by atoms with Crippen LogP contribution in [0.4, 0.5) is 0 Å². The summed E-state index contributed by atoms with van der Waals surface area (Å²) >= 11 is 0. The first-order valence-corrected chi connectivity index (χ1v) is 5.87. The van der Waals surface area contributed by atoms with Gasteiger partial charge in [-0.05, 0) is 19.3 Å². The Balaban J connectivity index is 2.29. The van der Waals surface area contributed by atoms with E-state index in [1.165, 1.54) is 4.90 Å². The Morgan fingerprint density at radius 1 is 1.39 bits per heavy atom. The highest BCUT2D eigenvalue weighted by Crippen LogP contribution is 2.18. The molecule has 1 unspecified atom stereocenters. The number of amides is 1. The molecule has 7 nitrogen and oxygen atoms in total. The number of H-pyrrole nitrogens is 2. The molecule has 2 rings (SSSR count). The monoisotopic (exact) mass is 253 g/mol. The number of rotatable bonds is 2. The highest BCUT2D eigenvalue weighted by Gasteiger charge is 2.27. The molecule has 1 aliphatic heterocycles. The second-order valence-electron chi connectivity index (χ2n) is 4.33. The van der Waals surface area contributed by atoms with Crippen LogP contribution >= 0.6 is 0 Å². The number of hydrogen-bond donors (Lipinski definition) is 3. The van der Waals surface area contributed by atoms with Crippen molar-refractivity contribution in [2.24, 2.45) is 0 Å². The maximum Gasteiger partial charge on any atom is 0.326 e. The highest BCUT2D eigenvalue weighted by atomic mass is 16.3. The lowest BCUT2D eigenvalue weighted by Crippen LogP contribution is -2.46. The van der Waals surface area contributed by atoms with E-state index >= 15 is 0 Å². The van der Waals surface area contributed by atoms with Crippen molar-refractivity contribution in [1.29, 1.82) is 0 Å². The van der Waals surface area contributed by atoms with Crippen molar-refractivity contribution in [1.82, 2.24) is 14.9 Å². The average Bonchev–Trinajstić information content (AvgIpc) is 2.36. The van der Waals surface area contributed by atoms with Crippen molar-refractivity contribution in [3.63, 3.8) is 0 Å². The number of nitrogens with one attached hydrogen (secondary N) is 2. The number of likely N-dealkylation sites (tertiary alicyclic amines) is 1. The normalized spacial score (nSPS) is 19.8. The molecular weight excluding hydrogens is 238 g/mol. The van der Waals surface area contributed by atoms with E-state index in [0.717, 1.165) is 25.3 Å². The molecule has 2 heterocycles. The number of aliphatic hydroxyl groups is 1. The first-order chi connectivity index (χ1) is 8.61. The van der Waals surface area contributed by atoms with Gasteiger partial charge in [-0.25, -0.2) is 4.79 Å². The van der Waals surface area contributed by atoms with Gasteiger partial charge < -0.3 is 15.0 Å². The van der Waals surface area contributed by atoms with E-state index in [1.54, 1.807) is 0 Å². The molecule has 0 aromatic carbocycles. The number of carbonyl (C=O) groups is 1. The van der Waals surface area contributed by atoms with Crippen LogP contribution < -0.4 is 11.2 Å². The zero-order chi connectivity index (χ0) is 13.1. The van der Waals surface area contributed by atoms with Gasteiger partial charge >= 0.3 is 5.69 Å². The Bertz CT molecular complexity index is 519. The fraction of sp³-hybridized carbons (Fsp3) is 0.545. The molecule has 7 heteroatoms. The van der Waals surface area contributed by atoms with Crippen LogP contribution in [0.15, 0.2) is 15.7 Å². The van der Waals surface area contributed by atoms with Gasteiger partial charge in [0.25, 0.3) is 11.5 Å². The van der Waals surface area contributed by atoms with E-state index in [4.69, 9.17) is 0 Å². The molecule has 1 atom stereocenters. The third-order valence-electron chi connectivity index (χ3n) is 3.09. The van der Waals surface area contributed by atoms with Crippen molar-refractivity contribution in [2.75, 3.05) is 13.2 Å². The summed E-state index contributed by atoms with van der Waals surface area (Å²) in [5, 5.41) is 9.23. The van der Waals surface area contributed by atoms with Gasteiger partial charge in [0.2, 0.25) is 0 Å². The van der Waals surface area contributed by atoms with Gasteiger partial charge in [0.15, 0.2) is 0 Å². The number of aromatic amines is 2. The molecule has 0 spiro atoms. The summed E-state index contributed by atoms with van der Waals surface area (Å²) in [6.45, 7) is 0.415. The van der Waals surface area contributed by atoms with Gasteiger partial charge in [0.1, 0.15) is 5.69 Å². The lowest BCUT2D eigenvalue weighted by Gasteiger charge is -2.34. The maximum absolute atomic E-state index is 12.2. The van der Waals surface area contributed by atoms with Crippen molar-refractivity contribution in [3.05, 3.63) is 32.6 Å². The molecular formula is C11H15N3O4. The standard InChI is InChI=1S/C11H15N3O4/c15-6-7-3-1-2-4-14(7)10(17)8-5-9(16)13-11(18)12-8/h5,7,15H,1-4,6H2,(H2,12,13,16,18). The van der Waals surface area contributed by atoms with Crippen molar-refractivity contribution in [2.45, 2.75) is 25.3 Å². The molecule has 0 aliphatic carbocycles. The molecule has 3 N–H and O–H groups in total. The minimum atomic E-state index is -0.705. The van der Waals surface area contributed by atoms with Crippen LogP contribution in [0, 0.1) is 0 Å². The smallest absolute Gasteiger partial charge is 0.326 e. The molecule has 1 saturated heterocycles. The summed E-state index contributed by atoms with van der Waals surface area (Å²) in [4.78, 5) is 40.3. The first-order valence-electron chi connectivity index (χ1n) is 5.87. The Morgan fingerprint density at radius 2 is 2.17 bits per heavy atom. The number of nitrogens with zero attached hydrogens (tertiary/aromatic N) is 1. The molecule has 1 aromatic heterocycles. The molecule has 0 saturated carbocycles. The number of piperidine rings is 1. The van der Waals surface area contributed by atoms with Crippen LogP contribution in [-0.2, 0) is 0 Å². The maximum atomic E-state index is 12.2. The quantitative estimate of drug-likeness (QED) is 0.631. The molecule has 1 aliphatic rings. The van der Waals surface area contributed by atoms with E-state index < -0.39 is 17.2 Å². The lowest BCUT2D eigenvalue weighted by atomic mass is 10.0. The van der Waals surface area contributed by atoms with E-state index in [-0.39, 0.29) is 18.3 Å². The third-order valence-corrected chi connectivity index (χ3v) is 3.09. The summed E-state index contributed by atoms with van der Waals surface area (Å²) in [5.74, 6) is -0.419. The molecule has 98 valence electrons. The topological polar surface area (TPSA) is 106 Å². The van der Waals surface area contributed by atoms with Crippen LogP contribution in [0.25, 0.3) is 0 Å². The Morgan fingerprint density at radius 3 is 2.83 bits per heavy atom. The van der Waals surface area contributed by atoms with Crippen molar-refractivity contribution >= 4 is 5.91 Å². The number of hydrogen-bond acceptors (Lipinski definition) is 4. The van der Waals surface area contributed by atoms with Crippen LogP contribution in [0.2, 0.25) is 0 Å². The second kappa shape index (κ2) is 5.18. The minimum absolute atomic E-state index is 0.0379.